The average molecular weight is 441 g/mol. The van der Waals surface area contributed by atoms with E-state index in [1.807, 2.05) is 24.3 Å². The topological polar surface area (TPSA) is 56.4 Å². The molecule has 3 N–H and O–H groups in total. The lowest BCUT2D eigenvalue weighted by molar-refractivity contribution is 0.0963. The van der Waals surface area contributed by atoms with E-state index in [-0.39, 0.29) is 11.3 Å². The maximum atomic E-state index is 12.5. The highest BCUT2D eigenvalue weighted by Crippen LogP contribution is 2.47. The molecule has 0 radical (unpaired) electrons. The van der Waals surface area contributed by atoms with Crippen molar-refractivity contribution < 1.29 is 4.79 Å². The van der Waals surface area contributed by atoms with E-state index in [9.17, 15) is 4.79 Å². The van der Waals surface area contributed by atoms with Crippen molar-refractivity contribution in [3.8, 4) is 11.1 Å². The van der Waals surface area contributed by atoms with Gasteiger partial charge in [-0.3, -0.25) is 9.69 Å². The van der Waals surface area contributed by atoms with E-state index in [1.54, 1.807) is 7.05 Å². The van der Waals surface area contributed by atoms with Crippen molar-refractivity contribution in [1.29, 1.82) is 0 Å². The van der Waals surface area contributed by atoms with Crippen molar-refractivity contribution in [2.45, 2.75) is 25.8 Å². The van der Waals surface area contributed by atoms with E-state index in [1.165, 1.54) is 22.4 Å². The number of carbonyl (C=O) groups excluding carboxylic acids is 1. The number of fused-ring (bicyclic) bond motifs is 2. The second-order valence-corrected chi connectivity index (χ2v) is 9.54. The van der Waals surface area contributed by atoms with Gasteiger partial charge in [-0.2, -0.15) is 0 Å². The molecule has 1 amide bonds. The number of hydrogen-bond acceptors (Lipinski definition) is 4. The lowest BCUT2D eigenvalue weighted by Gasteiger charge is -2.37. The fourth-order valence-corrected chi connectivity index (χ4v) is 5.14. The highest BCUT2D eigenvalue weighted by atomic mass is 16.1. The van der Waals surface area contributed by atoms with Crippen LogP contribution in [0, 0.1) is 0 Å². The van der Waals surface area contributed by atoms with Gasteiger partial charge in [0.05, 0.1) is 0 Å². The van der Waals surface area contributed by atoms with Crippen molar-refractivity contribution in [3.63, 3.8) is 0 Å². The first-order valence-electron chi connectivity index (χ1n) is 11.8. The van der Waals surface area contributed by atoms with Crippen LogP contribution in [0.2, 0.25) is 0 Å². The summed E-state index contributed by atoms with van der Waals surface area (Å²) in [6.07, 6.45) is 0. The van der Waals surface area contributed by atoms with Gasteiger partial charge in [0.2, 0.25) is 0 Å². The van der Waals surface area contributed by atoms with Gasteiger partial charge >= 0.3 is 0 Å². The third-order valence-electron chi connectivity index (χ3n) is 7.05. The summed E-state index contributed by atoms with van der Waals surface area (Å²) in [6, 6.07) is 21.2. The molecular formula is C28H32N4O. The molecule has 5 nitrogen and oxygen atoms in total. The van der Waals surface area contributed by atoms with Crippen LogP contribution in [0.3, 0.4) is 0 Å². The molecular weight excluding hydrogens is 408 g/mol. The molecule has 0 atom stereocenters. The molecule has 3 aromatic carbocycles. The number of piperazine rings is 1. The number of nitrogens with one attached hydrogen (secondary N) is 3. The summed E-state index contributed by atoms with van der Waals surface area (Å²) in [4.78, 5) is 15.0. The average Bonchev–Trinajstić information content (AvgIpc) is 2.84. The van der Waals surface area contributed by atoms with E-state index in [2.05, 4.69) is 71.1 Å². The van der Waals surface area contributed by atoms with Crippen LogP contribution in [0.15, 0.2) is 60.7 Å². The normalized spacial score (nSPS) is 16.9. The Morgan fingerprint density at radius 1 is 0.970 bits per heavy atom. The fraction of sp³-hybridized carbons (Fsp3) is 0.321. The van der Waals surface area contributed by atoms with Gasteiger partial charge in [-0.05, 0) is 52.1 Å². The zero-order valence-electron chi connectivity index (χ0n) is 19.7. The SMILES string of the molecule is CNC(=O)c1ccccc1-c1ccc2c(c1)C(C)(C)c1cc(CN3CCNCC3)ccc1N2. The third kappa shape index (κ3) is 4.03. The maximum Gasteiger partial charge on any atom is 0.251 e. The van der Waals surface area contributed by atoms with Gasteiger partial charge in [-0.25, -0.2) is 0 Å². The number of amides is 1. The molecule has 0 bridgehead atoms. The summed E-state index contributed by atoms with van der Waals surface area (Å²) in [5, 5.41) is 9.85. The first-order chi connectivity index (χ1) is 16.0. The van der Waals surface area contributed by atoms with Crippen LogP contribution in [0.4, 0.5) is 11.4 Å². The van der Waals surface area contributed by atoms with Gasteiger partial charge in [-0.1, -0.05) is 50.2 Å². The van der Waals surface area contributed by atoms with Gasteiger partial charge in [0, 0.05) is 62.1 Å². The number of benzene rings is 3. The molecule has 2 aliphatic heterocycles. The standard InChI is InChI=1S/C28H32N4O/c1-28(2)23-16-19(18-32-14-12-30-13-15-32)8-10-25(23)31-26-11-9-20(17-24(26)28)21-6-4-5-7-22(21)27(33)29-3/h4-11,16-17,30-31H,12-15,18H2,1-3H3,(H,29,33). The molecule has 0 unspecified atom stereocenters. The van der Waals surface area contributed by atoms with Gasteiger partial charge in [-0.15, -0.1) is 0 Å². The smallest absolute Gasteiger partial charge is 0.251 e. The summed E-state index contributed by atoms with van der Waals surface area (Å²) < 4.78 is 0. The van der Waals surface area contributed by atoms with Crippen LogP contribution in [-0.4, -0.2) is 44.0 Å². The molecule has 0 saturated carbocycles. The Labute approximate surface area is 196 Å². The third-order valence-corrected chi connectivity index (χ3v) is 7.05. The summed E-state index contributed by atoms with van der Waals surface area (Å²) in [7, 11) is 1.67. The molecule has 2 aliphatic rings. The van der Waals surface area contributed by atoms with E-state index < -0.39 is 0 Å². The Morgan fingerprint density at radius 2 is 1.67 bits per heavy atom. The van der Waals surface area contributed by atoms with Gasteiger partial charge in [0.25, 0.3) is 5.91 Å². The minimum atomic E-state index is -0.159. The summed E-state index contributed by atoms with van der Waals surface area (Å²) >= 11 is 0. The van der Waals surface area contributed by atoms with Crippen LogP contribution >= 0.6 is 0 Å². The first kappa shape index (κ1) is 21.7. The van der Waals surface area contributed by atoms with Crippen molar-refractivity contribution in [2.75, 3.05) is 38.5 Å². The van der Waals surface area contributed by atoms with E-state index in [4.69, 9.17) is 0 Å². The monoisotopic (exact) mass is 440 g/mol. The zero-order chi connectivity index (χ0) is 23.0. The molecule has 5 rings (SSSR count). The number of carbonyl (C=O) groups is 1. The number of nitrogens with zero attached hydrogens (tertiary/aromatic N) is 1. The van der Waals surface area contributed by atoms with Crippen molar-refractivity contribution >= 4 is 17.3 Å². The summed E-state index contributed by atoms with van der Waals surface area (Å²) in [6.45, 7) is 9.89. The Bertz CT molecular complexity index is 1190. The van der Waals surface area contributed by atoms with E-state index >= 15 is 0 Å². The molecule has 0 spiro atoms. The fourth-order valence-electron chi connectivity index (χ4n) is 5.14. The van der Waals surface area contributed by atoms with Crippen LogP contribution < -0.4 is 16.0 Å². The second kappa shape index (κ2) is 8.65. The molecule has 5 heteroatoms. The maximum absolute atomic E-state index is 12.5. The highest BCUT2D eigenvalue weighted by molar-refractivity contribution is 6.01. The second-order valence-electron chi connectivity index (χ2n) is 9.54. The van der Waals surface area contributed by atoms with Gasteiger partial charge in [0.15, 0.2) is 0 Å². The molecule has 3 aromatic rings. The molecule has 0 aliphatic carbocycles. The van der Waals surface area contributed by atoms with Crippen LogP contribution in [0.1, 0.15) is 40.9 Å². The van der Waals surface area contributed by atoms with E-state index in [0.29, 0.717) is 5.56 Å². The number of anilines is 2. The van der Waals surface area contributed by atoms with Crippen molar-refractivity contribution in [2.24, 2.45) is 0 Å². The van der Waals surface area contributed by atoms with Crippen LogP contribution in [-0.2, 0) is 12.0 Å². The molecule has 1 fully saturated rings. The molecule has 170 valence electrons. The van der Waals surface area contributed by atoms with Crippen LogP contribution in [0.25, 0.3) is 11.1 Å². The number of rotatable bonds is 4. The molecule has 33 heavy (non-hydrogen) atoms. The largest absolute Gasteiger partial charge is 0.355 e. The minimum Gasteiger partial charge on any atom is -0.355 e. The Balaban J connectivity index is 1.52. The predicted octanol–water partition coefficient (Wildman–Crippen LogP) is 4.50. The van der Waals surface area contributed by atoms with Crippen molar-refractivity contribution in [3.05, 3.63) is 82.9 Å². The molecule has 0 aromatic heterocycles. The predicted molar refractivity (Wildman–Crippen MR) is 135 cm³/mol. The summed E-state index contributed by atoms with van der Waals surface area (Å²) in [5.41, 5.74) is 8.77. The quantitative estimate of drug-likeness (QED) is 0.559. The first-order valence-corrected chi connectivity index (χ1v) is 11.8. The van der Waals surface area contributed by atoms with Crippen molar-refractivity contribution in [1.82, 2.24) is 15.5 Å². The van der Waals surface area contributed by atoms with Gasteiger partial charge < -0.3 is 16.0 Å². The van der Waals surface area contributed by atoms with Gasteiger partial charge in [0.1, 0.15) is 0 Å². The Morgan fingerprint density at radius 3 is 2.42 bits per heavy atom. The lowest BCUT2D eigenvalue weighted by atomic mass is 9.73. The minimum absolute atomic E-state index is 0.0661. The molecule has 1 saturated heterocycles. The zero-order valence-corrected chi connectivity index (χ0v) is 19.7. The lowest BCUT2D eigenvalue weighted by Crippen LogP contribution is -2.42. The summed E-state index contributed by atoms with van der Waals surface area (Å²) in [5.74, 6) is -0.0661. The Kier molecular flexibility index (Phi) is 5.69. The highest BCUT2D eigenvalue weighted by Gasteiger charge is 2.33. The molecule has 2 heterocycles. The van der Waals surface area contributed by atoms with Crippen LogP contribution in [0.5, 0.6) is 0 Å². The number of hydrogen-bond donors (Lipinski definition) is 3. The Hall–Kier alpha value is -3.15. The van der Waals surface area contributed by atoms with E-state index in [0.717, 1.165) is 49.5 Å².